The third-order valence-electron chi connectivity index (χ3n) is 5.32. The highest BCUT2D eigenvalue weighted by atomic mass is 35.5. The minimum Gasteiger partial charge on any atom is -0.326 e. The zero-order valence-electron chi connectivity index (χ0n) is 17.6. The molecule has 0 fully saturated rings. The first-order chi connectivity index (χ1) is 15.5. The summed E-state index contributed by atoms with van der Waals surface area (Å²) in [7, 11) is 0. The SMILES string of the molecule is Cc1cc(C(=O)Cc2ccc(C(Cl)c3ccccc3)cc2F)n(-c2cccc(CN)c2)n1. The molecule has 0 radical (unpaired) electrons. The van der Waals surface area contributed by atoms with Gasteiger partial charge in [0.05, 0.1) is 16.8 Å². The zero-order chi connectivity index (χ0) is 22.7. The van der Waals surface area contributed by atoms with Crippen molar-refractivity contribution in [3.05, 3.63) is 118 Å². The first kappa shape index (κ1) is 21.9. The lowest BCUT2D eigenvalue weighted by Crippen LogP contribution is -2.12. The fourth-order valence-electron chi connectivity index (χ4n) is 3.65. The van der Waals surface area contributed by atoms with Gasteiger partial charge in [-0.05, 0) is 53.4 Å². The standard InChI is InChI=1S/C26H23ClFN3O/c1-17-12-24(31(30-17)22-9-5-6-18(13-22)16-29)25(32)15-20-10-11-21(14-23(20)28)26(27)19-7-3-2-4-8-19/h2-14,26H,15-16,29H2,1H3. The number of carbonyl (C=O) groups is 1. The second kappa shape index (κ2) is 9.47. The van der Waals surface area contributed by atoms with Crippen LogP contribution in [0, 0.1) is 12.7 Å². The monoisotopic (exact) mass is 447 g/mol. The number of hydrogen-bond donors (Lipinski definition) is 1. The summed E-state index contributed by atoms with van der Waals surface area (Å²) in [5.74, 6) is -0.675. The summed E-state index contributed by atoms with van der Waals surface area (Å²) in [4.78, 5) is 13.1. The van der Waals surface area contributed by atoms with E-state index in [-0.39, 0.29) is 12.2 Å². The molecule has 3 aromatic carbocycles. The van der Waals surface area contributed by atoms with E-state index in [1.165, 1.54) is 6.07 Å². The van der Waals surface area contributed by atoms with Crippen molar-refractivity contribution in [2.24, 2.45) is 5.73 Å². The molecule has 1 aromatic heterocycles. The number of hydrogen-bond acceptors (Lipinski definition) is 3. The van der Waals surface area contributed by atoms with Crippen LogP contribution < -0.4 is 5.73 Å². The lowest BCUT2D eigenvalue weighted by molar-refractivity contribution is 0.0984. The number of halogens is 2. The van der Waals surface area contributed by atoms with Crippen molar-refractivity contribution in [2.75, 3.05) is 0 Å². The van der Waals surface area contributed by atoms with Crippen LogP contribution >= 0.6 is 11.6 Å². The maximum Gasteiger partial charge on any atom is 0.185 e. The van der Waals surface area contributed by atoms with E-state index in [1.54, 1.807) is 22.9 Å². The summed E-state index contributed by atoms with van der Waals surface area (Å²) < 4.78 is 16.5. The van der Waals surface area contributed by atoms with Crippen LogP contribution in [0.2, 0.25) is 0 Å². The van der Waals surface area contributed by atoms with Crippen LogP contribution in [0.25, 0.3) is 5.69 Å². The van der Waals surface area contributed by atoms with Gasteiger partial charge in [-0.2, -0.15) is 5.10 Å². The molecule has 1 heterocycles. The van der Waals surface area contributed by atoms with E-state index in [9.17, 15) is 9.18 Å². The maximum atomic E-state index is 14.9. The molecule has 0 aliphatic heterocycles. The molecule has 4 aromatic rings. The molecular formula is C26H23ClFN3O. The minimum absolute atomic E-state index is 0.0773. The maximum absolute atomic E-state index is 14.9. The summed E-state index contributed by atoms with van der Waals surface area (Å²) in [5, 5.41) is 3.99. The molecule has 4 nitrogen and oxygen atoms in total. The molecule has 0 saturated carbocycles. The Hall–Kier alpha value is -3.28. The van der Waals surface area contributed by atoms with Gasteiger partial charge in [-0.3, -0.25) is 4.79 Å². The van der Waals surface area contributed by atoms with Crippen LogP contribution in [0.5, 0.6) is 0 Å². The fourth-order valence-corrected chi connectivity index (χ4v) is 3.93. The van der Waals surface area contributed by atoms with Crippen molar-refractivity contribution in [3.63, 3.8) is 0 Å². The fraction of sp³-hybridized carbons (Fsp3) is 0.154. The first-order valence-electron chi connectivity index (χ1n) is 10.3. The highest BCUT2D eigenvalue weighted by Gasteiger charge is 2.19. The van der Waals surface area contributed by atoms with E-state index in [1.807, 2.05) is 61.5 Å². The Balaban J connectivity index is 1.58. The number of aryl methyl sites for hydroxylation is 1. The number of nitrogens with two attached hydrogens (primary N) is 1. The smallest absolute Gasteiger partial charge is 0.185 e. The Morgan fingerprint density at radius 3 is 2.53 bits per heavy atom. The first-order valence-corrected chi connectivity index (χ1v) is 10.8. The van der Waals surface area contributed by atoms with Crippen LogP contribution in [-0.2, 0) is 13.0 Å². The van der Waals surface area contributed by atoms with E-state index in [4.69, 9.17) is 17.3 Å². The number of ketones is 1. The van der Waals surface area contributed by atoms with Crippen LogP contribution in [0.4, 0.5) is 4.39 Å². The van der Waals surface area contributed by atoms with Crippen molar-refractivity contribution >= 4 is 17.4 Å². The minimum atomic E-state index is -0.464. The van der Waals surface area contributed by atoms with E-state index in [0.717, 1.165) is 16.8 Å². The van der Waals surface area contributed by atoms with Gasteiger partial charge in [0.1, 0.15) is 11.5 Å². The van der Waals surface area contributed by atoms with Crippen molar-refractivity contribution in [2.45, 2.75) is 25.3 Å². The molecule has 0 spiro atoms. The van der Waals surface area contributed by atoms with Gasteiger partial charge in [-0.15, -0.1) is 11.6 Å². The van der Waals surface area contributed by atoms with Gasteiger partial charge in [0.15, 0.2) is 5.78 Å². The molecule has 0 aliphatic rings. The van der Waals surface area contributed by atoms with Crippen LogP contribution in [0.15, 0.2) is 78.9 Å². The van der Waals surface area contributed by atoms with Gasteiger partial charge in [0.2, 0.25) is 0 Å². The number of rotatable bonds is 7. The Bertz CT molecular complexity index is 1250. The number of nitrogens with zero attached hydrogens (tertiary/aromatic N) is 2. The topological polar surface area (TPSA) is 60.9 Å². The highest BCUT2D eigenvalue weighted by molar-refractivity contribution is 6.22. The molecular weight excluding hydrogens is 425 g/mol. The molecule has 2 N–H and O–H groups in total. The number of Topliss-reactive ketones (excluding diaryl/α,β-unsaturated/α-hetero) is 1. The summed E-state index contributed by atoms with van der Waals surface area (Å²) in [5.41, 5.74) is 10.4. The predicted octanol–water partition coefficient (Wildman–Crippen LogP) is 5.53. The predicted molar refractivity (Wildman–Crippen MR) is 125 cm³/mol. The van der Waals surface area contributed by atoms with Crippen molar-refractivity contribution < 1.29 is 9.18 Å². The molecule has 0 aliphatic carbocycles. The molecule has 1 unspecified atom stereocenters. The van der Waals surface area contributed by atoms with E-state index in [2.05, 4.69) is 5.10 Å². The van der Waals surface area contributed by atoms with Gasteiger partial charge < -0.3 is 5.73 Å². The average Bonchev–Trinajstić information content (AvgIpc) is 3.22. The Labute approximate surface area is 191 Å². The number of benzene rings is 3. The third kappa shape index (κ3) is 4.64. The molecule has 1 atom stereocenters. The van der Waals surface area contributed by atoms with Crippen molar-refractivity contribution in [1.29, 1.82) is 0 Å². The van der Waals surface area contributed by atoms with Crippen molar-refractivity contribution in [1.82, 2.24) is 9.78 Å². The molecule has 162 valence electrons. The molecule has 0 saturated heterocycles. The second-order valence-corrected chi connectivity index (χ2v) is 8.12. The molecule has 0 amide bonds. The van der Waals surface area contributed by atoms with Gasteiger partial charge in [-0.1, -0.05) is 54.6 Å². The van der Waals surface area contributed by atoms with E-state index >= 15 is 0 Å². The molecule has 32 heavy (non-hydrogen) atoms. The van der Waals surface area contributed by atoms with Crippen LogP contribution in [0.1, 0.15) is 43.8 Å². The Kier molecular flexibility index (Phi) is 6.49. The highest BCUT2D eigenvalue weighted by Crippen LogP contribution is 2.30. The Morgan fingerprint density at radius 1 is 1.03 bits per heavy atom. The largest absolute Gasteiger partial charge is 0.326 e. The summed E-state index contributed by atoms with van der Waals surface area (Å²) in [6.45, 7) is 2.21. The average molecular weight is 448 g/mol. The zero-order valence-corrected chi connectivity index (χ0v) is 18.4. The van der Waals surface area contributed by atoms with Crippen LogP contribution in [0.3, 0.4) is 0 Å². The number of alkyl halides is 1. The number of aromatic nitrogens is 2. The van der Waals surface area contributed by atoms with E-state index in [0.29, 0.717) is 29.1 Å². The second-order valence-electron chi connectivity index (χ2n) is 7.68. The van der Waals surface area contributed by atoms with Gasteiger partial charge in [0, 0.05) is 13.0 Å². The molecule has 0 bridgehead atoms. The summed E-state index contributed by atoms with van der Waals surface area (Å²) in [6, 6.07) is 23.5. The summed E-state index contributed by atoms with van der Waals surface area (Å²) in [6.07, 6.45) is -0.0773. The van der Waals surface area contributed by atoms with E-state index < -0.39 is 11.2 Å². The number of carbonyl (C=O) groups excluding carboxylic acids is 1. The Morgan fingerprint density at radius 2 is 1.81 bits per heavy atom. The molecule has 4 rings (SSSR count). The lowest BCUT2D eigenvalue weighted by atomic mass is 10.00. The van der Waals surface area contributed by atoms with Crippen molar-refractivity contribution in [3.8, 4) is 5.69 Å². The van der Waals surface area contributed by atoms with Gasteiger partial charge in [-0.25, -0.2) is 9.07 Å². The van der Waals surface area contributed by atoms with Gasteiger partial charge >= 0.3 is 0 Å². The lowest BCUT2D eigenvalue weighted by Gasteiger charge is -2.12. The third-order valence-corrected chi connectivity index (χ3v) is 5.83. The van der Waals surface area contributed by atoms with Gasteiger partial charge in [0.25, 0.3) is 0 Å². The summed E-state index contributed by atoms with van der Waals surface area (Å²) >= 11 is 6.52. The quantitative estimate of drug-likeness (QED) is 0.299. The molecule has 6 heteroatoms. The normalized spacial score (nSPS) is 12.0. The van der Waals surface area contributed by atoms with Crippen LogP contribution in [-0.4, -0.2) is 15.6 Å².